The summed E-state index contributed by atoms with van der Waals surface area (Å²) in [6.45, 7) is 1.20. The lowest BCUT2D eigenvalue weighted by Gasteiger charge is -2.20. The van der Waals surface area contributed by atoms with Gasteiger partial charge < -0.3 is 19.9 Å². The van der Waals surface area contributed by atoms with Crippen LogP contribution >= 0.6 is 0 Å². The molecule has 24 heavy (non-hydrogen) atoms. The Bertz CT molecular complexity index is 763. The molecule has 0 amide bonds. The van der Waals surface area contributed by atoms with Crippen LogP contribution in [0.3, 0.4) is 0 Å². The van der Waals surface area contributed by atoms with Gasteiger partial charge in [-0.2, -0.15) is 0 Å². The van der Waals surface area contributed by atoms with E-state index in [0.29, 0.717) is 18.8 Å². The maximum absolute atomic E-state index is 12.3. The number of ether oxygens (including phenoxy) is 1. The van der Waals surface area contributed by atoms with E-state index in [1.165, 1.54) is 30.6 Å². The van der Waals surface area contributed by atoms with Gasteiger partial charge in [0.2, 0.25) is 0 Å². The molecule has 0 spiro atoms. The van der Waals surface area contributed by atoms with Crippen molar-refractivity contribution in [2.75, 3.05) is 23.3 Å². The molecule has 1 saturated heterocycles. The van der Waals surface area contributed by atoms with Crippen molar-refractivity contribution in [3.05, 3.63) is 47.0 Å². The average Bonchev–Trinajstić information content (AvgIpc) is 2.97. The van der Waals surface area contributed by atoms with Crippen molar-refractivity contribution in [1.82, 2.24) is 9.97 Å². The Morgan fingerprint density at radius 3 is 2.96 bits per heavy atom. The molecule has 6 nitrogen and oxygen atoms in total. The molecule has 1 atom stereocenters. The molecule has 3 rings (SSSR count). The second kappa shape index (κ2) is 6.42. The topological polar surface area (TPSA) is 70.2 Å². The van der Waals surface area contributed by atoms with Crippen LogP contribution < -0.4 is 20.5 Å². The van der Waals surface area contributed by atoms with Crippen LogP contribution in [0.2, 0.25) is 0 Å². The number of aromatic amines is 1. The van der Waals surface area contributed by atoms with E-state index < -0.39 is 6.36 Å². The molecule has 2 N–H and O–H groups in total. The van der Waals surface area contributed by atoms with E-state index in [0.717, 1.165) is 6.42 Å². The SMILES string of the molecule is O=c1[nH]ccnc1N[C@@H]1CCN(c2cccc(OC(F)(F)F)c2)C1. The zero-order valence-electron chi connectivity index (χ0n) is 12.5. The summed E-state index contributed by atoms with van der Waals surface area (Å²) in [6, 6.07) is 5.83. The Morgan fingerprint density at radius 1 is 1.38 bits per heavy atom. The Kier molecular flexibility index (Phi) is 4.32. The van der Waals surface area contributed by atoms with Gasteiger partial charge >= 0.3 is 6.36 Å². The van der Waals surface area contributed by atoms with E-state index in [9.17, 15) is 18.0 Å². The van der Waals surface area contributed by atoms with E-state index >= 15 is 0 Å². The van der Waals surface area contributed by atoms with Gasteiger partial charge in [0.15, 0.2) is 5.82 Å². The van der Waals surface area contributed by atoms with E-state index in [1.807, 2.05) is 4.90 Å². The zero-order valence-corrected chi connectivity index (χ0v) is 12.5. The molecular weight excluding hydrogens is 325 g/mol. The van der Waals surface area contributed by atoms with Crippen LogP contribution in [0.4, 0.5) is 24.7 Å². The molecule has 1 fully saturated rings. The first kappa shape index (κ1) is 16.2. The molecule has 0 unspecified atom stereocenters. The van der Waals surface area contributed by atoms with Crippen LogP contribution in [0.15, 0.2) is 41.5 Å². The van der Waals surface area contributed by atoms with E-state index in [2.05, 4.69) is 20.0 Å². The summed E-state index contributed by atoms with van der Waals surface area (Å²) in [5.74, 6) is -0.0175. The van der Waals surface area contributed by atoms with Crippen LogP contribution in [0, 0.1) is 0 Å². The molecule has 1 aromatic heterocycles. The minimum Gasteiger partial charge on any atom is -0.406 e. The summed E-state index contributed by atoms with van der Waals surface area (Å²) in [6.07, 6.45) is -1.05. The fourth-order valence-corrected chi connectivity index (χ4v) is 2.64. The lowest BCUT2D eigenvalue weighted by Crippen LogP contribution is -2.29. The predicted octanol–water partition coefficient (Wildman–Crippen LogP) is 2.36. The third-order valence-electron chi connectivity index (χ3n) is 3.65. The van der Waals surface area contributed by atoms with Crippen LogP contribution in [-0.4, -0.2) is 35.5 Å². The number of alkyl halides is 3. The lowest BCUT2D eigenvalue weighted by atomic mass is 10.2. The first-order chi connectivity index (χ1) is 11.4. The minimum atomic E-state index is -4.71. The standard InChI is InChI=1S/C15H15F3N4O2/c16-15(17,18)24-12-3-1-2-11(8-12)22-7-4-10(9-22)21-13-14(23)20-6-5-19-13/h1-3,5-6,8,10H,4,7,9H2,(H,19,21)(H,20,23)/t10-/m1/s1. The Labute approximate surface area is 135 Å². The van der Waals surface area contributed by atoms with E-state index in [4.69, 9.17) is 0 Å². The van der Waals surface area contributed by atoms with Crippen molar-refractivity contribution in [1.29, 1.82) is 0 Å². The van der Waals surface area contributed by atoms with Crippen LogP contribution in [0.1, 0.15) is 6.42 Å². The van der Waals surface area contributed by atoms with Crippen molar-refractivity contribution in [2.45, 2.75) is 18.8 Å². The van der Waals surface area contributed by atoms with Gasteiger partial charge in [-0.25, -0.2) is 4.98 Å². The van der Waals surface area contributed by atoms with Crippen molar-refractivity contribution in [3.63, 3.8) is 0 Å². The normalized spacial score (nSPS) is 17.8. The van der Waals surface area contributed by atoms with Gasteiger partial charge in [-0.15, -0.1) is 13.2 Å². The minimum absolute atomic E-state index is 0.0202. The zero-order chi connectivity index (χ0) is 17.2. The van der Waals surface area contributed by atoms with Gasteiger partial charge in [0.25, 0.3) is 5.56 Å². The number of H-pyrrole nitrogens is 1. The van der Waals surface area contributed by atoms with Gasteiger partial charge in [-0.1, -0.05) is 6.07 Å². The first-order valence-corrected chi connectivity index (χ1v) is 7.32. The first-order valence-electron chi connectivity index (χ1n) is 7.32. The third kappa shape index (κ3) is 3.98. The van der Waals surface area contributed by atoms with Gasteiger partial charge in [0.1, 0.15) is 5.75 Å². The maximum Gasteiger partial charge on any atom is 0.573 e. The molecule has 2 heterocycles. The lowest BCUT2D eigenvalue weighted by molar-refractivity contribution is -0.274. The molecule has 1 aliphatic rings. The summed E-state index contributed by atoms with van der Waals surface area (Å²) >= 11 is 0. The molecule has 1 aromatic carbocycles. The van der Waals surface area contributed by atoms with Gasteiger partial charge in [-0.3, -0.25) is 4.79 Å². The Balaban J connectivity index is 1.66. The second-order valence-corrected chi connectivity index (χ2v) is 5.39. The molecular formula is C15H15F3N4O2. The summed E-state index contributed by atoms with van der Waals surface area (Å²) in [5, 5.41) is 3.05. The van der Waals surface area contributed by atoms with Crippen molar-refractivity contribution in [2.24, 2.45) is 0 Å². The largest absolute Gasteiger partial charge is 0.573 e. The summed E-state index contributed by atoms with van der Waals surface area (Å²) in [7, 11) is 0. The van der Waals surface area contributed by atoms with Crippen molar-refractivity contribution in [3.8, 4) is 5.75 Å². The smallest absolute Gasteiger partial charge is 0.406 e. The molecule has 128 valence electrons. The third-order valence-corrected chi connectivity index (χ3v) is 3.65. The number of hydrogen-bond donors (Lipinski definition) is 2. The summed E-state index contributed by atoms with van der Waals surface area (Å²) in [5.41, 5.74) is 0.326. The molecule has 2 aromatic rings. The van der Waals surface area contributed by atoms with Crippen LogP contribution in [0.25, 0.3) is 0 Å². The number of nitrogens with one attached hydrogen (secondary N) is 2. The van der Waals surface area contributed by atoms with Crippen LogP contribution in [0.5, 0.6) is 5.75 Å². The van der Waals surface area contributed by atoms with Crippen molar-refractivity contribution >= 4 is 11.5 Å². The second-order valence-electron chi connectivity index (χ2n) is 5.39. The van der Waals surface area contributed by atoms with Gasteiger partial charge in [-0.05, 0) is 18.6 Å². The highest BCUT2D eigenvalue weighted by molar-refractivity contribution is 5.52. The van der Waals surface area contributed by atoms with Crippen LogP contribution in [-0.2, 0) is 0 Å². The van der Waals surface area contributed by atoms with Crippen molar-refractivity contribution < 1.29 is 17.9 Å². The predicted molar refractivity (Wildman–Crippen MR) is 82.2 cm³/mol. The van der Waals surface area contributed by atoms with Gasteiger partial charge in [0, 0.05) is 43.3 Å². The molecule has 0 bridgehead atoms. The number of benzene rings is 1. The molecule has 0 radical (unpaired) electrons. The number of rotatable bonds is 4. The highest BCUT2D eigenvalue weighted by atomic mass is 19.4. The molecule has 9 heteroatoms. The summed E-state index contributed by atoms with van der Waals surface area (Å²) in [4.78, 5) is 20.1. The number of aromatic nitrogens is 2. The fourth-order valence-electron chi connectivity index (χ4n) is 2.64. The fraction of sp³-hybridized carbons (Fsp3) is 0.333. The number of anilines is 2. The Hall–Kier alpha value is -2.71. The quantitative estimate of drug-likeness (QED) is 0.894. The average molecular weight is 340 g/mol. The summed E-state index contributed by atoms with van der Waals surface area (Å²) < 4.78 is 40.9. The van der Waals surface area contributed by atoms with E-state index in [-0.39, 0.29) is 23.2 Å². The highest BCUT2D eigenvalue weighted by Crippen LogP contribution is 2.28. The molecule has 0 aliphatic carbocycles. The Morgan fingerprint density at radius 2 is 2.21 bits per heavy atom. The highest BCUT2D eigenvalue weighted by Gasteiger charge is 2.31. The molecule has 0 saturated carbocycles. The monoisotopic (exact) mass is 340 g/mol. The van der Waals surface area contributed by atoms with Gasteiger partial charge in [0.05, 0.1) is 0 Å². The van der Waals surface area contributed by atoms with E-state index in [1.54, 1.807) is 6.07 Å². The number of halogens is 3. The molecule has 1 aliphatic heterocycles. The number of nitrogens with zero attached hydrogens (tertiary/aromatic N) is 2. The maximum atomic E-state index is 12.3. The number of hydrogen-bond acceptors (Lipinski definition) is 5.